The van der Waals surface area contributed by atoms with E-state index in [2.05, 4.69) is 207 Å². The highest BCUT2D eigenvalue weighted by Gasteiger charge is 2.49. The first-order valence-corrected chi connectivity index (χ1v) is 19.4. The Labute approximate surface area is 316 Å². The van der Waals surface area contributed by atoms with Crippen molar-refractivity contribution in [3.63, 3.8) is 0 Å². The van der Waals surface area contributed by atoms with E-state index < -0.39 is 0 Å². The molecule has 0 radical (unpaired) electrons. The van der Waals surface area contributed by atoms with Crippen LogP contribution < -0.4 is 4.90 Å². The Balaban J connectivity index is 1.34. The van der Waals surface area contributed by atoms with Crippen LogP contribution in [0.3, 0.4) is 0 Å². The summed E-state index contributed by atoms with van der Waals surface area (Å²) in [6, 6.07) is 56.0. The lowest BCUT2D eigenvalue weighted by atomic mass is 9.69. The van der Waals surface area contributed by atoms with E-state index >= 15 is 0 Å². The maximum absolute atomic E-state index is 2.68. The molecule has 0 saturated heterocycles. The van der Waals surface area contributed by atoms with Crippen LogP contribution in [0.15, 0.2) is 176 Å². The van der Waals surface area contributed by atoms with Crippen molar-refractivity contribution < 1.29 is 4.58 Å². The molecular weight excluding hydrogens is 641 g/mol. The standard InChI is InChI=1S/C51H51N2/c1-38(2)33-34-53-46-32-31-42-25-14-15-26-43(42)49(46)51(36-40-21-10-6-11-22-40,37-41-23-12-7-13-24-41)48(53)30-18-29-47-50(3,35-39-19-8-5-9-20-39)44-27-16-17-28-45(44)52(47)4/h5-32,38H,33-37H2,1-4H3/q+1. The SMILES string of the molecule is CC(C)CCN1/C(=C/C=C/C2=[N+](C)c3ccccc3C2(C)Cc2ccccc2)C(Cc2ccccc2)(Cc2ccccc2)c2c1ccc1ccccc21. The van der Waals surface area contributed by atoms with Crippen LogP contribution in [-0.4, -0.2) is 23.9 Å². The predicted octanol–water partition coefficient (Wildman–Crippen LogP) is 11.8. The summed E-state index contributed by atoms with van der Waals surface area (Å²) < 4.78 is 2.42. The van der Waals surface area contributed by atoms with Gasteiger partial charge in [0, 0.05) is 41.1 Å². The van der Waals surface area contributed by atoms with Crippen molar-refractivity contribution in [1.29, 1.82) is 0 Å². The number of allylic oxidation sites excluding steroid dienone is 4. The molecule has 0 amide bonds. The molecule has 0 saturated carbocycles. The van der Waals surface area contributed by atoms with Crippen LogP contribution in [0.2, 0.25) is 0 Å². The number of nitrogens with zero attached hydrogens (tertiary/aromatic N) is 2. The zero-order chi connectivity index (χ0) is 36.4. The van der Waals surface area contributed by atoms with Gasteiger partial charge in [-0.1, -0.05) is 159 Å². The molecule has 2 nitrogen and oxygen atoms in total. The summed E-state index contributed by atoms with van der Waals surface area (Å²) in [5.74, 6) is 0.592. The minimum absolute atomic E-state index is 0.168. The van der Waals surface area contributed by atoms with E-state index in [-0.39, 0.29) is 10.8 Å². The molecule has 2 heterocycles. The molecule has 264 valence electrons. The van der Waals surface area contributed by atoms with E-state index in [4.69, 9.17) is 0 Å². The van der Waals surface area contributed by atoms with Gasteiger partial charge in [0.2, 0.25) is 5.69 Å². The highest BCUT2D eigenvalue weighted by molar-refractivity contribution is 6.04. The topological polar surface area (TPSA) is 6.25 Å². The van der Waals surface area contributed by atoms with Crippen molar-refractivity contribution in [3.8, 4) is 0 Å². The van der Waals surface area contributed by atoms with Crippen LogP contribution in [0.1, 0.15) is 55.0 Å². The number of rotatable bonds is 11. The van der Waals surface area contributed by atoms with Crippen molar-refractivity contribution >= 4 is 27.9 Å². The van der Waals surface area contributed by atoms with Gasteiger partial charge in [-0.3, -0.25) is 0 Å². The van der Waals surface area contributed by atoms with Crippen LogP contribution in [0, 0.1) is 5.92 Å². The summed E-state index contributed by atoms with van der Waals surface area (Å²) in [4.78, 5) is 2.68. The molecule has 1 unspecified atom stereocenters. The number of hydrogen-bond acceptors (Lipinski definition) is 1. The molecule has 6 aromatic carbocycles. The molecule has 0 bridgehead atoms. The predicted molar refractivity (Wildman–Crippen MR) is 225 cm³/mol. The third-order valence-corrected chi connectivity index (χ3v) is 11.8. The summed E-state index contributed by atoms with van der Waals surface area (Å²) >= 11 is 0. The smallest absolute Gasteiger partial charge is 0.209 e. The summed E-state index contributed by atoms with van der Waals surface area (Å²) in [7, 11) is 2.24. The Bertz CT molecular complexity index is 2270. The van der Waals surface area contributed by atoms with Gasteiger partial charge in [-0.05, 0) is 83.7 Å². The van der Waals surface area contributed by atoms with E-state index in [0.717, 1.165) is 32.2 Å². The normalized spacial score (nSPS) is 18.4. The second-order valence-electron chi connectivity index (χ2n) is 15.8. The van der Waals surface area contributed by atoms with Gasteiger partial charge in [-0.25, -0.2) is 0 Å². The number of fused-ring (bicyclic) bond motifs is 4. The molecule has 2 heteroatoms. The highest BCUT2D eigenvalue weighted by Crippen LogP contribution is 2.54. The van der Waals surface area contributed by atoms with Crippen LogP contribution >= 0.6 is 0 Å². The molecule has 2 aliphatic heterocycles. The van der Waals surface area contributed by atoms with Crippen molar-refractivity contribution in [3.05, 3.63) is 203 Å². The summed E-state index contributed by atoms with van der Waals surface area (Å²) in [5, 5.41) is 2.66. The third kappa shape index (κ3) is 6.46. The lowest BCUT2D eigenvalue weighted by Gasteiger charge is -2.35. The van der Waals surface area contributed by atoms with Gasteiger partial charge in [0.15, 0.2) is 5.71 Å². The van der Waals surface area contributed by atoms with Gasteiger partial charge in [-0.15, -0.1) is 0 Å². The lowest BCUT2D eigenvalue weighted by Crippen LogP contribution is -2.36. The first-order chi connectivity index (χ1) is 25.9. The molecule has 0 aromatic heterocycles. The van der Waals surface area contributed by atoms with Crippen molar-refractivity contribution in [2.24, 2.45) is 5.92 Å². The number of anilines is 1. The molecule has 2 aliphatic rings. The first-order valence-electron chi connectivity index (χ1n) is 19.4. The molecule has 6 aromatic rings. The minimum Gasteiger partial charge on any atom is -0.344 e. The van der Waals surface area contributed by atoms with E-state index in [1.165, 1.54) is 61.4 Å². The van der Waals surface area contributed by atoms with E-state index in [9.17, 15) is 0 Å². The van der Waals surface area contributed by atoms with Crippen molar-refractivity contribution in [1.82, 2.24) is 0 Å². The fraction of sp³-hybridized carbons (Fsp3) is 0.235. The fourth-order valence-electron chi connectivity index (χ4n) is 9.28. The molecule has 0 aliphatic carbocycles. The number of para-hydroxylation sites is 1. The molecule has 53 heavy (non-hydrogen) atoms. The average Bonchev–Trinajstić information content (AvgIpc) is 3.55. The molecule has 0 fully saturated rings. The Hall–Kier alpha value is -5.47. The van der Waals surface area contributed by atoms with E-state index in [1.54, 1.807) is 0 Å². The van der Waals surface area contributed by atoms with Gasteiger partial charge in [0.05, 0.1) is 5.41 Å². The monoisotopic (exact) mass is 691 g/mol. The number of hydrogen-bond donors (Lipinski definition) is 0. The Kier molecular flexibility index (Phi) is 9.48. The van der Waals surface area contributed by atoms with E-state index in [0.29, 0.717) is 5.92 Å². The maximum Gasteiger partial charge on any atom is 0.209 e. The number of benzene rings is 6. The van der Waals surface area contributed by atoms with Gasteiger partial charge in [0.25, 0.3) is 0 Å². The highest BCUT2D eigenvalue weighted by atomic mass is 15.2. The van der Waals surface area contributed by atoms with Gasteiger partial charge >= 0.3 is 0 Å². The van der Waals surface area contributed by atoms with Crippen LogP contribution in [0.5, 0.6) is 0 Å². The summed E-state index contributed by atoms with van der Waals surface area (Å²) in [6.07, 6.45) is 11.1. The Morgan fingerprint density at radius 1 is 0.642 bits per heavy atom. The van der Waals surface area contributed by atoms with Crippen molar-refractivity contribution in [2.75, 3.05) is 18.5 Å². The van der Waals surface area contributed by atoms with Gasteiger partial charge in [-0.2, -0.15) is 4.58 Å². The molecule has 1 atom stereocenters. The van der Waals surface area contributed by atoms with Crippen LogP contribution in [-0.2, 0) is 30.1 Å². The molecule has 0 spiro atoms. The molecule has 8 rings (SSSR count). The second kappa shape index (κ2) is 14.5. The lowest BCUT2D eigenvalue weighted by molar-refractivity contribution is -0.401. The van der Waals surface area contributed by atoms with Gasteiger partial charge in [0.1, 0.15) is 7.05 Å². The molecule has 0 N–H and O–H groups in total. The molecular formula is C51H51N2+. The maximum atomic E-state index is 2.68. The third-order valence-electron chi connectivity index (χ3n) is 11.8. The van der Waals surface area contributed by atoms with Crippen LogP contribution in [0.25, 0.3) is 10.8 Å². The minimum atomic E-state index is -0.289. The zero-order valence-electron chi connectivity index (χ0n) is 31.7. The first kappa shape index (κ1) is 34.6. The second-order valence-corrected chi connectivity index (χ2v) is 15.8. The summed E-state index contributed by atoms with van der Waals surface area (Å²) in [6.45, 7) is 8.09. The van der Waals surface area contributed by atoms with E-state index in [1.807, 2.05) is 0 Å². The van der Waals surface area contributed by atoms with Crippen molar-refractivity contribution in [2.45, 2.75) is 57.3 Å². The quantitative estimate of drug-likeness (QED) is 0.123. The fourth-order valence-corrected chi connectivity index (χ4v) is 9.28. The summed E-state index contributed by atoms with van der Waals surface area (Å²) in [5.41, 5.74) is 11.8. The van der Waals surface area contributed by atoms with Crippen LogP contribution in [0.4, 0.5) is 11.4 Å². The largest absolute Gasteiger partial charge is 0.344 e. The van der Waals surface area contributed by atoms with Gasteiger partial charge < -0.3 is 4.90 Å². The Morgan fingerprint density at radius 2 is 1.21 bits per heavy atom. The zero-order valence-corrected chi connectivity index (χ0v) is 31.7. The average molecular weight is 692 g/mol. The Morgan fingerprint density at radius 3 is 1.85 bits per heavy atom.